The molecule has 0 amide bonds. The lowest BCUT2D eigenvalue weighted by atomic mass is 10.0. The van der Waals surface area contributed by atoms with Crippen LogP contribution in [0.1, 0.15) is 45.9 Å². The van der Waals surface area contributed by atoms with Crippen LogP contribution in [0.5, 0.6) is 0 Å². The number of hydrogen-bond acceptors (Lipinski definition) is 3. The van der Waals surface area contributed by atoms with Crippen molar-refractivity contribution in [2.45, 2.75) is 59.0 Å². The quantitative estimate of drug-likeness (QED) is 0.770. The number of rotatable bonds is 7. The number of aromatic nitrogens is 3. The van der Waals surface area contributed by atoms with Gasteiger partial charge in [0.05, 0.1) is 0 Å². The molecule has 92 valence electrons. The zero-order valence-electron chi connectivity index (χ0n) is 10.7. The number of nitrogens with two attached hydrogens (primary N) is 1. The average molecular weight is 224 g/mol. The maximum atomic E-state index is 6.06. The van der Waals surface area contributed by atoms with Gasteiger partial charge >= 0.3 is 0 Å². The van der Waals surface area contributed by atoms with Crippen molar-refractivity contribution in [3.8, 4) is 0 Å². The predicted molar refractivity (Wildman–Crippen MR) is 66.1 cm³/mol. The molecule has 2 N–H and O–H groups in total. The maximum Gasteiger partial charge on any atom is 0.138 e. The van der Waals surface area contributed by atoms with Crippen molar-refractivity contribution in [3.05, 3.63) is 12.2 Å². The highest BCUT2D eigenvalue weighted by molar-refractivity contribution is 4.86. The lowest BCUT2D eigenvalue weighted by molar-refractivity contribution is 0.462. The lowest BCUT2D eigenvalue weighted by Gasteiger charge is -2.13. The first kappa shape index (κ1) is 13.2. The number of hydrogen-bond donors (Lipinski definition) is 1. The predicted octanol–water partition coefficient (Wildman–Crippen LogP) is 1.99. The zero-order chi connectivity index (χ0) is 12.0. The van der Waals surface area contributed by atoms with Gasteiger partial charge in [-0.15, -0.1) is 0 Å². The second kappa shape index (κ2) is 6.63. The van der Waals surface area contributed by atoms with Crippen molar-refractivity contribution >= 4 is 0 Å². The maximum absolute atomic E-state index is 6.06. The van der Waals surface area contributed by atoms with Crippen LogP contribution in [-0.4, -0.2) is 20.8 Å². The van der Waals surface area contributed by atoms with Crippen LogP contribution in [-0.2, 0) is 13.0 Å². The van der Waals surface area contributed by atoms with E-state index >= 15 is 0 Å². The second-order valence-corrected chi connectivity index (χ2v) is 4.83. The zero-order valence-corrected chi connectivity index (χ0v) is 10.7. The van der Waals surface area contributed by atoms with E-state index in [2.05, 4.69) is 30.9 Å². The molecule has 0 aromatic carbocycles. The Bertz CT molecular complexity index is 293. The Hall–Kier alpha value is -0.900. The molecule has 0 saturated carbocycles. The summed E-state index contributed by atoms with van der Waals surface area (Å²) < 4.78 is 1.99. The molecule has 0 aliphatic heterocycles. The van der Waals surface area contributed by atoms with E-state index in [9.17, 15) is 0 Å². The van der Waals surface area contributed by atoms with Gasteiger partial charge in [-0.2, -0.15) is 5.10 Å². The molecule has 0 spiro atoms. The molecule has 16 heavy (non-hydrogen) atoms. The first-order valence-corrected chi connectivity index (χ1v) is 6.25. The molecular formula is C12H24N4. The Morgan fingerprint density at radius 3 is 2.81 bits per heavy atom. The van der Waals surface area contributed by atoms with Crippen LogP contribution < -0.4 is 5.73 Å². The first-order chi connectivity index (χ1) is 7.63. The van der Waals surface area contributed by atoms with E-state index in [-0.39, 0.29) is 6.04 Å². The summed E-state index contributed by atoms with van der Waals surface area (Å²) in [5.41, 5.74) is 6.06. The van der Waals surface area contributed by atoms with E-state index < -0.39 is 0 Å². The summed E-state index contributed by atoms with van der Waals surface area (Å²) in [4.78, 5) is 4.28. The van der Waals surface area contributed by atoms with Crippen LogP contribution in [0.3, 0.4) is 0 Å². The summed E-state index contributed by atoms with van der Waals surface area (Å²) in [5.74, 6) is 1.74. The van der Waals surface area contributed by atoms with Gasteiger partial charge in [-0.3, -0.25) is 4.68 Å². The third-order valence-electron chi connectivity index (χ3n) is 2.64. The van der Waals surface area contributed by atoms with Gasteiger partial charge in [0, 0.05) is 19.0 Å². The van der Waals surface area contributed by atoms with E-state index in [1.165, 1.54) is 0 Å². The van der Waals surface area contributed by atoms with Crippen LogP contribution in [0.2, 0.25) is 0 Å². The minimum absolute atomic E-state index is 0.284. The van der Waals surface area contributed by atoms with Gasteiger partial charge in [0.2, 0.25) is 0 Å². The average Bonchev–Trinajstić information content (AvgIpc) is 2.62. The Balaban J connectivity index is 2.38. The standard InChI is InChI=1S/C12H24N4/c1-4-7-16-12(14-9-15-16)6-5-11(13)8-10(2)3/h9-11H,4-8,13H2,1-3H3. The third kappa shape index (κ3) is 4.31. The summed E-state index contributed by atoms with van der Waals surface area (Å²) in [6.07, 6.45) is 5.75. The summed E-state index contributed by atoms with van der Waals surface area (Å²) >= 11 is 0. The van der Waals surface area contributed by atoms with Gasteiger partial charge in [-0.25, -0.2) is 4.98 Å². The summed E-state index contributed by atoms with van der Waals surface area (Å²) in [5, 5.41) is 4.21. The largest absolute Gasteiger partial charge is 0.328 e. The van der Waals surface area contributed by atoms with Crippen molar-refractivity contribution < 1.29 is 0 Å². The Labute approximate surface area is 98.2 Å². The number of aryl methyl sites for hydroxylation is 2. The fourth-order valence-corrected chi connectivity index (χ4v) is 1.92. The van der Waals surface area contributed by atoms with Gasteiger partial charge in [0.15, 0.2) is 0 Å². The smallest absolute Gasteiger partial charge is 0.138 e. The Morgan fingerprint density at radius 2 is 2.19 bits per heavy atom. The van der Waals surface area contributed by atoms with E-state index in [1.807, 2.05) is 4.68 Å². The second-order valence-electron chi connectivity index (χ2n) is 4.83. The topological polar surface area (TPSA) is 56.7 Å². The first-order valence-electron chi connectivity index (χ1n) is 6.25. The van der Waals surface area contributed by atoms with Crippen molar-refractivity contribution in [2.75, 3.05) is 0 Å². The van der Waals surface area contributed by atoms with Crippen LogP contribution in [0, 0.1) is 5.92 Å². The highest BCUT2D eigenvalue weighted by atomic mass is 15.3. The molecular weight excluding hydrogens is 200 g/mol. The fourth-order valence-electron chi connectivity index (χ4n) is 1.92. The highest BCUT2D eigenvalue weighted by Gasteiger charge is 2.09. The molecule has 4 heteroatoms. The van der Waals surface area contributed by atoms with E-state index in [4.69, 9.17) is 5.73 Å². The molecule has 1 aromatic heterocycles. The molecule has 0 radical (unpaired) electrons. The molecule has 0 bridgehead atoms. The molecule has 0 aliphatic rings. The lowest BCUT2D eigenvalue weighted by Crippen LogP contribution is -2.23. The molecule has 1 rings (SSSR count). The minimum atomic E-state index is 0.284. The normalized spacial score (nSPS) is 13.3. The molecule has 1 unspecified atom stereocenters. The van der Waals surface area contributed by atoms with Crippen molar-refractivity contribution in [2.24, 2.45) is 11.7 Å². The summed E-state index contributed by atoms with van der Waals surface area (Å²) in [7, 11) is 0. The molecule has 1 atom stereocenters. The molecule has 4 nitrogen and oxygen atoms in total. The van der Waals surface area contributed by atoms with Crippen LogP contribution in [0.25, 0.3) is 0 Å². The van der Waals surface area contributed by atoms with Crippen LogP contribution >= 0.6 is 0 Å². The highest BCUT2D eigenvalue weighted by Crippen LogP contribution is 2.09. The van der Waals surface area contributed by atoms with Crippen molar-refractivity contribution in [1.29, 1.82) is 0 Å². The SMILES string of the molecule is CCCn1ncnc1CCC(N)CC(C)C. The van der Waals surface area contributed by atoms with Crippen LogP contribution in [0.4, 0.5) is 0 Å². The van der Waals surface area contributed by atoms with Gasteiger partial charge in [0.1, 0.15) is 12.2 Å². The Kier molecular flexibility index (Phi) is 5.46. The van der Waals surface area contributed by atoms with Gasteiger partial charge in [-0.1, -0.05) is 20.8 Å². The van der Waals surface area contributed by atoms with Gasteiger partial charge in [-0.05, 0) is 25.2 Å². The minimum Gasteiger partial charge on any atom is -0.328 e. The summed E-state index contributed by atoms with van der Waals surface area (Å²) in [6.45, 7) is 7.52. The molecule has 1 aromatic rings. The van der Waals surface area contributed by atoms with Crippen molar-refractivity contribution in [1.82, 2.24) is 14.8 Å². The molecule has 0 aliphatic carbocycles. The van der Waals surface area contributed by atoms with Crippen LogP contribution in [0.15, 0.2) is 6.33 Å². The monoisotopic (exact) mass is 224 g/mol. The van der Waals surface area contributed by atoms with Gasteiger partial charge < -0.3 is 5.73 Å². The van der Waals surface area contributed by atoms with Crippen molar-refractivity contribution in [3.63, 3.8) is 0 Å². The van der Waals surface area contributed by atoms with E-state index in [1.54, 1.807) is 6.33 Å². The Morgan fingerprint density at radius 1 is 1.44 bits per heavy atom. The van der Waals surface area contributed by atoms with Gasteiger partial charge in [0.25, 0.3) is 0 Å². The summed E-state index contributed by atoms with van der Waals surface area (Å²) in [6, 6.07) is 0.284. The molecule has 0 fully saturated rings. The molecule has 0 saturated heterocycles. The fraction of sp³-hybridized carbons (Fsp3) is 0.833. The van der Waals surface area contributed by atoms with E-state index in [0.717, 1.165) is 38.1 Å². The third-order valence-corrected chi connectivity index (χ3v) is 2.64. The molecule has 1 heterocycles. The number of nitrogens with zero attached hydrogens (tertiary/aromatic N) is 3. The van der Waals surface area contributed by atoms with E-state index in [0.29, 0.717) is 5.92 Å².